The van der Waals surface area contributed by atoms with E-state index in [4.69, 9.17) is 0 Å². The summed E-state index contributed by atoms with van der Waals surface area (Å²) in [5.74, 6) is 0. The molecule has 4 nitrogen and oxygen atoms in total. The van der Waals surface area contributed by atoms with Gasteiger partial charge in [-0.3, -0.25) is 10.4 Å². The Morgan fingerprint density at radius 1 is 1.29 bits per heavy atom. The normalized spacial score (nSPS) is 14.5. The molecule has 1 aromatic heterocycles. The van der Waals surface area contributed by atoms with E-state index in [0.29, 0.717) is 0 Å². The van der Waals surface area contributed by atoms with Gasteiger partial charge in [0.2, 0.25) is 0 Å². The lowest BCUT2D eigenvalue weighted by Gasteiger charge is -2.21. The minimum atomic E-state index is -0.0606. The molecule has 0 fully saturated rings. The second-order valence-corrected chi connectivity index (χ2v) is 4.05. The van der Waals surface area contributed by atoms with E-state index < -0.39 is 0 Å². The number of aromatic nitrogens is 2. The molecule has 0 aliphatic carbocycles. The van der Waals surface area contributed by atoms with Gasteiger partial charge in [0.1, 0.15) is 0 Å². The van der Waals surface area contributed by atoms with E-state index in [1.165, 1.54) is 0 Å². The third-order valence-corrected chi connectivity index (χ3v) is 2.82. The number of aliphatic hydroxyl groups is 1. The number of nitrogens with zero attached hydrogens (tertiary/aromatic N) is 1. The van der Waals surface area contributed by atoms with E-state index in [-0.39, 0.29) is 18.7 Å². The maximum absolute atomic E-state index is 9.44. The number of benzene rings is 1. The van der Waals surface area contributed by atoms with Crippen molar-refractivity contribution in [2.75, 3.05) is 6.61 Å². The van der Waals surface area contributed by atoms with Gasteiger partial charge in [0.15, 0.2) is 0 Å². The summed E-state index contributed by atoms with van der Waals surface area (Å²) in [5.41, 5.74) is 2.10. The standard InChI is InChI=1S/C13H17N3O/c1-10(12-7-8-14-16-12)15-13(9-17)11-5-3-2-4-6-11/h2-8,10,13,15,17H,9H2,1H3,(H,14,16)/t10?,13-/m0/s1. The van der Waals surface area contributed by atoms with Crippen molar-refractivity contribution in [3.8, 4) is 0 Å². The lowest BCUT2D eigenvalue weighted by molar-refractivity contribution is 0.235. The van der Waals surface area contributed by atoms with Crippen molar-refractivity contribution in [1.82, 2.24) is 15.5 Å². The smallest absolute Gasteiger partial charge is 0.0626 e. The van der Waals surface area contributed by atoms with Crippen molar-refractivity contribution in [3.63, 3.8) is 0 Å². The van der Waals surface area contributed by atoms with Crippen LogP contribution in [0.4, 0.5) is 0 Å². The summed E-state index contributed by atoms with van der Waals surface area (Å²) in [4.78, 5) is 0. The van der Waals surface area contributed by atoms with Gasteiger partial charge in [0.25, 0.3) is 0 Å². The maximum atomic E-state index is 9.44. The van der Waals surface area contributed by atoms with Crippen LogP contribution in [0.1, 0.15) is 30.3 Å². The summed E-state index contributed by atoms with van der Waals surface area (Å²) in [5, 5.41) is 19.6. The van der Waals surface area contributed by atoms with Crippen molar-refractivity contribution < 1.29 is 5.11 Å². The molecular formula is C13H17N3O. The number of aliphatic hydroxyl groups excluding tert-OH is 1. The van der Waals surface area contributed by atoms with Gasteiger partial charge in [-0.15, -0.1) is 0 Å². The minimum Gasteiger partial charge on any atom is -0.394 e. The first-order chi connectivity index (χ1) is 8.31. The van der Waals surface area contributed by atoms with Crippen LogP contribution in [0.5, 0.6) is 0 Å². The van der Waals surface area contributed by atoms with Crippen LogP contribution >= 0.6 is 0 Å². The Hall–Kier alpha value is -1.65. The van der Waals surface area contributed by atoms with Crippen LogP contribution in [0.25, 0.3) is 0 Å². The number of nitrogens with one attached hydrogen (secondary N) is 2. The molecule has 90 valence electrons. The quantitative estimate of drug-likeness (QED) is 0.735. The fourth-order valence-electron chi connectivity index (χ4n) is 1.84. The van der Waals surface area contributed by atoms with Gasteiger partial charge >= 0.3 is 0 Å². The Bertz CT molecular complexity index is 427. The van der Waals surface area contributed by atoms with Crippen LogP contribution < -0.4 is 5.32 Å². The molecule has 1 unspecified atom stereocenters. The maximum Gasteiger partial charge on any atom is 0.0626 e. The second kappa shape index (κ2) is 5.61. The zero-order valence-electron chi connectivity index (χ0n) is 9.80. The summed E-state index contributed by atoms with van der Waals surface area (Å²) in [6.45, 7) is 2.11. The topological polar surface area (TPSA) is 60.9 Å². The number of hydrogen-bond donors (Lipinski definition) is 3. The number of hydrogen-bond acceptors (Lipinski definition) is 3. The summed E-state index contributed by atoms with van der Waals surface area (Å²) < 4.78 is 0. The third-order valence-electron chi connectivity index (χ3n) is 2.82. The van der Waals surface area contributed by atoms with Crippen LogP contribution in [0.15, 0.2) is 42.6 Å². The van der Waals surface area contributed by atoms with Crippen LogP contribution in [0.3, 0.4) is 0 Å². The molecule has 0 amide bonds. The molecule has 17 heavy (non-hydrogen) atoms. The molecule has 1 heterocycles. The van der Waals surface area contributed by atoms with Crippen LogP contribution in [0.2, 0.25) is 0 Å². The molecule has 2 rings (SSSR count). The summed E-state index contributed by atoms with van der Waals surface area (Å²) in [7, 11) is 0. The second-order valence-electron chi connectivity index (χ2n) is 4.05. The average Bonchev–Trinajstić information content (AvgIpc) is 2.90. The van der Waals surface area contributed by atoms with Gasteiger partial charge in [0, 0.05) is 12.2 Å². The van der Waals surface area contributed by atoms with Gasteiger partial charge < -0.3 is 5.11 Å². The van der Waals surface area contributed by atoms with Crippen LogP contribution in [-0.2, 0) is 0 Å². The summed E-state index contributed by atoms with van der Waals surface area (Å²) in [6.07, 6.45) is 1.73. The summed E-state index contributed by atoms with van der Waals surface area (Å²) >= 11 is 0. The van der Waals surface area contributed by atoms with E-state index in [1.54, 1.807) is 6.20 Å². The Kier molecular flexibility index (Phi) is 3.90. The number of aromatic amines is 1. The van der Waals surface area contributed by atoms with Gasteiger partial charge in [0.05, 0.1) is 18.3 Å². The largest absolute Gasteiger partial charge is 0.394 e. The van der Waals surface area contributed by atoms with Gasteiger partial charge in [-0.05, 0) is 18.6 Å². The van der Waals surface area contributed by atoms with Gasteiger partial charge in [-0.25, -0.2) is 0 Å². The molecule has 4 heteroatoms. The van der Waals surface area contributed by atoms with E-state index >= 15 is 0 Å². The van der Waals surface area contributed by atoms with Crippen molar-refractivity contribution in [2.24, 2.45) is 0 Å². The molecule has 0 saturated heterocycles. The Balaban J connectivity index is 2.06. The van der Waals surface area contributed by atoms with E-state index in [9.17, 15) is 5.11 Å². The number of H-pyrrole nitrogens is 1. The Morgan fingerprint density at radius 2 is 2.06 bits per heavy atom. The zero-order chi connectivity index (χ0) is 12.1. The van der Waals surface area contributed by atoms with E-state index in [0.717, 1.165) is 11.3 Å². The summed E-state index contributed by atoms with van der Waals surface area (Å²) in [6, 6.07) is 11.9. The van der Waals surface area contributed by atoms with Gasteiger partial charge in [-0.2, -0.15) is 5.10 Å². The average molecular weight is 231 g/mol. The fraction of sp³-hybridized carbons (Fsp3) is 0.308. The molecule has 1 aromatic carbocycles. The fourth-order valence-corrected chi connectivity index (χ4v) is 1.84. The lowest BCUT2D eigenvalue weighted by atomic mass is 10.1. The highest BCUT2D eigenvalue weighted by Gasteiger charge is 2.14. The lowest BCUT2D eigenvalue weighted by Crippen LogP contribution is -2.27. The predicted octanol–water partition coefficient (Wildman–Crippen LogP) is 1.79. The third kappa shape index (κ3) is 2.93. The molecule has 2 atom stereocenters. The highest BCUT2D eigenvalue weighted by Crippen LogP contribution is 2.17. The SMILES string of the molecule is CC(N[C@@H](CO)c1ccccc1)c1ccn[nH]1. The van der Waals surface area contributed by atoms with Crippen LogP contribution in [-0.4, -0.2) is 21.9 Å². The predicted molar refractivity (Wildman–Crippen MR) is 66.4 cm³/mol. The highest BCUT2D eigenvalue weighted by atomic mass is 16.3. The van der Waals surface area contributed by atoms with Crippen molar-refractivity contribution >= 4 is 0 Å². The molecule has 0 aliphatic rings. The molecule has 3 N–H and O–H groups in total. The Morgan fingerprint density at radius 3 is 2.65 bits per heavy atom. The molecule has 0 bridgehead atoms. The first-order valence-electron chi connectivity index (χ1n) is 5.72. The number of rotatable bonds is 5. The zero-order valence-corrected chi connectivity index (χ0v) is 9.80. The van der Waals surface area contributed by atoms with Crippen LogP contribution in [0, 0.1) is 0 Å². The molecule has 0 saturated carbocycles. The highest BCUT2D eigenvalue weighted by molar-refractivity contribution is 5.19. The molecule has 2 aromatic rings. The van der Waals surface area contributed by atoms with Crippen molar-refractivity contribution in [3.05, 3.63) is 53.9 Å². The molecular weight excluding hydrogens is 214 g/mol. The van der Waals surface area contributed by atoms with Crippen molar-refractivity contribution in [1.29, 1.82) is 0 Å². The Labute approximate surface area is 101 Å². The monoisotopic (exact) mass is 231 g/mol. The van der Waals surface area contributed by atoms with E-state index in [2.05, 4.69) is 15.5 Å². The van der Waals surface area contributed by atoms with Gasteiger partial charge in [-0.1, -0.05) is 30.3 Å². The van der Waals surface area contributed by atoms with E-state index in [1.807, 2.05) is 43.3 Å². The minimum absolute atomic E-state index is 0.0606. The molecule has 0 radical (unpaired) electrons. The first-order valence-corrected chi connectivity index (χ1v) is 5.72. The van der Waals surface area contributed by atoms with Crippen molar-refractivity contribution in [2.45, 2.75) is 19.0 Å². The first kappa shape index (κ1) is 11.8. The molecule has 0 aliphatic heterocycles. The molecule has 0 spiro atoms.